The molecule has 0 aromatic rings. The van der Waals surface area contributed by atoms with E-state index < -0.39 is 11.6 Å². The highest BCUT2D eigenvalue weighted by molar-refractivity contribution is 5.98. The summed E-state index contributed by atoms with van der Waals surface area (Å²) in [5, 5.41) is 0. The van der Waals surface area contributed by atoms with Crippen LogP contribution in [0.5, 0.6) is 0 Å². The van der Waals surface area contributed by atoms with Crippen LogP contribution in [0.15, 0.2) is 11.6 Å². The van der Waals surface area contributed by atoms with E-state index in [0.717, 1.165) is 25.7 Å². The van der Waals surface area contributed by atoms with Crippen molar-refractivity contribution in [3.8, 4) is 0 Å². The van der Waals surface area contributed by atoms with Gasteiger partial charge in [0.2, 0.25) is 0 Å². The van der Waals surface area contributed by atoms with E-state index in [1.807, 2.05) is 0 Å². The van der Waals surface area contributed by atoms with Crippen LogP contribution in [0.1, 0.15) is 65.7 Å². The van der Waals surface area contributed by atoms with Gasteiger partial charge in [0.05, 0.1) is 0 Å². The molecular formula is C23H31FO5. The second kappa shape index (κ2) is 7.21. The van der Waals surface area contributed by atoms with Crippen molar-refractivity contribution in [2.45, 2.75) is 78.0 Å². The van der Waals surface area contributed by atoms with E-state index >= 15 is 0 Å². The molecule has 160 valence electrons. The highest BCUT2D eigenvalue weighted by Gasteiger charge is 2.63. The van der Waals surface area contributed by atoms with E-state index in [-0.39, 0.29) is 53.6 Å². The van der Waals surface area contributed by atoms with Gasteiger partial charge in [0.1, 0.15) is 18.9 Å². The van der Waals surface area contributed by atoms with Gasteiger partial charge in [-0.05, 0) is 62.4 Å². The van der Waals surface area contributed by atoms with Crippen molar-refractivity contribution in [3.05, 3.63) is 11.6 Å². The summed E-state index contributed by atoms with van der Waals surface area (Å²) in [6.45, 7) is 5.18. The molecule has 0 bridgehead atoms. The summed E-state index contributed by atoms with van der Waals surface area (Å²) in [5.41, 5.74) is -0.152. The van der Waals surface area contributed by atoms with Gasteiger partial charge in [-0.1, -0.05) is 6.92 Å². The SMILES string of the molecule is CC(=O)OC[C@]12CC[C@H](F)C=C1C(=O)C[C@@H]1[C@@H]2CC[C@]2(C)[C@@H](OC(C)=O)CC[C@@H]12. The highest BCUT2D eigenvalue weighted by Crippen LogP contribution is 2.65. The summed E-state index contributed by atoms with van der Waals surface area (Å²) in [5.74, 6) is 0.0103. The molecule has 29 heavy (non-hydrogen) atoms. The van der Waals surface area contributed by atoms with Crippen LogP contribution in [0.25, 0.3) is 0 Å². The number of esters is 2. The Morgan fingerprint density at radius 1 is 1.10 bits per heavy atom. The first-order valence-corrected chi connectivity index (χ1v) is 10.9. The topological polar surface area (TPSA) is 69.7 Å². The van der Waals surface area contributed by atoms with Crippen molar-refractivity contribution in [2.75, 3.05) is 6.61 Å². The van der Waals surface area contributed by atoms with Crippen molar-refractivity contribution in [1.82, 2.24) is 0 Å². The van der Waals surface area contributed by atoms with Gasteiger partial charge in [-0.3, -0.25) is 14.4 Å². The zero-order valence-electron chi connectivity index (χ0n) is 17.5. The van der Waals surface area contributed by atoms with Gasteiger partial charge in [0.25, 0.3) is 0 Å². The molecule has 7 atom stereocenters. The molecule has 0 unspecified atom stereocenters. The van der Waals surface area contributed by atoms with Crippen LogP contribution in [0.2, 0.25) is 0 Å². The van der Waals surface area contributed by atoms with Gasteiger partial charge in [0, 0.05) is 36.7 Å². The summed E-state index contributed by atoms with van der Waals surface area (Å²) in [6, 6.07) is 0. The molecule has 5 nitrogen and oxygen atoms in total. The zero-order chi connectivity index (χ0) is 21.0. The van der Waals surface area contributed by atoms with Crippen molar-refractivity contribution < 1.29 is 28.2 Å². The van der Waals surface area contributed by atoms with Crippen LogP contribution in [0.3, 0.4) is 0 Å². The van der Waals surface area contributed by atoms with Gasteiger partial charge in [0.15, 0.2) is 5.78 Å². The van der Waals surface area contributed by atoms with Gasteiger partial charge in [-0.25, -0.2) is 4.39 Å². The second-order valence-electron chi connectivity index (χ2n) is 9.80. The Labute approximate surface area is 171 Å². The number of allylic oxidation sites excluding steroid dienone is 1. The molecule has 0 amide bonds. The van der Waals surface area contributed by atoms with Crippen LogP contribution < -0.4 is 0 Å². The predicted molar refractivity (Wildman–Crippen MR) is 104 cm³/mol. The fourth-order valence-electron chi connectivity index (χ4n) is 7.13. The number of alkyl halides is 1. The summed E-state index contributed by atoms with van der Waals surface area (Å²) < 4.78 is 25.3. The molecule has 0 aromatic carbocycles. The Hall–Kier alpha value is -1.72. The summed E-state index contributed by atoms with van der Waals surface area (Å²) in [7, 11) is 0. The van der Waals surface area contributed by atoms with Crippen molar-refractivity contribution in [3.63, 3.8) is 0 Å². The number of Topliss-reactive ketones (excluding diaryl/α,β-unsaturated/α-hetero) is 1. The summed E-state index contributed by atoms with van der Waals surface area (Å²) in [6.07, 6.45) is 5.12. The average molecular weight is 406 g/mol. The van der Waals surface area contributed by atoms with Gasteiger partial charge in [-0.15, -0.1) is 0 Å². The minimum atomic E-state index is -1.11. The Morgan fingerprint density at radius 3 is 2.55 bits per heavy atom. The lowest BCUT2D eigenvalue weighted by Gasteiger charge is -2.57. The number of carbonyl (C=O) groups excluding carboxylic acids is 3. The van der Waals surface area contributed by atoms with Gasteiger partial charge in [-0.2, -0.15) is 0 Å². The van der Waals surface area contributed by atoms with Crippen LogP contribution in [-0.2, 0) is 23.9 Å². The minimum Gasteiger partial charge on any atom is -0.465 e. The van der Waals surface area contributed by atoms with Crippen LogP contribution >= 0.6 is 0 Å². The van der Waals surface area contributed by atoms with Crippen LogP contribution in [-0.4, -0.2) is 36.6 Å². The first kappa shape index (κ1) is 20.5. The molecule has 0 aliphatic heterocycles. The zero-order valence-corrected chi connectivity index (χ0v) is 17.5. The second-order valence-corrected chi connectivity index (χ2v) is 9.80. The summed E-state index contributed by atoms with van der Waals surface area (Å²) >= 11 is 0. The number of halogens is 1. The first-order chi connectivity index (χ1) is 13.7. The number of fused-ring (bicyclic) bond motifs is 5. The fraction of sp³-hybridized carbons (Fsp3) is 0.783. The van der Waals surface area contributed by atoms with E-state index in [4.69, 9.17) is 9.47 Å². The number of carbonyl (C=O) groups is 3. The van der Waals surface area contributed by atoms with Crippen LogP contribution in [0.4, 0.5) is 4.39 Å². The fourth-order valence-corrected chi connectivity index (χ4v) is 7.13. The molecule has 0 N–H and O–H groups in total. The maximum atomic E-state index is 14.2. The van der Waals surface area contributed by atoms with E-state index in [2.05, 4.69) is 6.92 Å². The van der Waals surface area contributed by atoms with Crippen molar-refractivity contribution in [1.29, 1.82) is 0 Å². The smallest absolute Gasteiger partial charge is 0.302 e. The number of hydrogen-bond acceptors (Lipinski definition) is 5. The third kappa shape index (κ3) is 3.23. The van der Waals surface area contributed by atoms with Crippen LogP contribution in [0, 0.1) is 28.6 Å². The molecule has 6 heteroatoms. The van der Waals surface area contributed by atoms with Crippen molar-refractivity contribution in [2.24, 2.45) is 28.6 Å². The maximum absolute atomic E-state index is 14.2. The number of ether oxygens (including phenoxy) is 2. The molecule has 4 aliphatic carbocycles. The number of hydrogen-bond donors (Lipinski definition) is 0. The lowest BCUT2D eigenvalue weighted by Crippen LogP contribution is -2.56. The molecule has 4 rings (SSSR count). The highest BCUT2D eigenvalue weighted by atomic mass is 19.1. The average Bonchev–Trinajstić information content (AvgIpc) is 2.97. The van der Waals surface area contributed by atoms with E-state index in [0.29, 0.717) is 24.8 Å². The van der Waals surface area contributed by atoms with E-state index in [1.54, 1.807) is 0 Å². The number of rotatable bonds is 3. The van der Waals surface area contributed by atoms with E-state index in [1.165, 1.54) is 19.9 Å². The molecule has 0 saturated heterocycles. The molecule has 0 radical (unpaired) electrons. The first-order valence-electron chi connectivity index (χ1n) is 10.9. The Balaban J connectivity index is 1.69. The Kier molecular flexibility index (Phi) is 5.11. The Morgan fingerprint density at radius 2 is 1.86 bits per heavy atom. The third-order valence-corrected chi connectivity index (χ3v) is 8.37. The molecule has 0 aromatic heterocycles. The summed E-state index contributed by atoms with van der Waals surface area (Å²) in [4.78, 5) is 36.4. The maximum Gasteiger partial charge on any atom is 0.302 e. The van der Waals surface area contributed by atoms with E-state index in [9.17, 15) is 18.8 Å². The Bertz CT molecular complexity index is 760. The largest absolute Gasteiger partial charge is 0.465 e. The molecule has 3 fully saturated rings. The molecular weight excluding hydrogens is 375 g/mol. The lowest BCUT2D eigenvalue weighted by molar-refractivity contribution is -0.162. The molecule has 0 spiro atoms. The normalized spacial score (nSPS) is 43.5. The quantitative estimate of drug-likeness (QED) is 0.664. The van der Waals surface area contributed by atoms with Gasteiger partial charge < -0.3 is 9.47 Å². The molecule has 4 aliphatic rings. The monoisotopic (exact) mass is 406 g/mol. The lowest BCUT2D eigenvalue weighted by atomic mass is 9.46. The van der Waals surface area contributed by atoms with Gasteiger partial charge >= 0.3 is 11.9 Å². The molecule has 0 heterocycles. The standard InChI is InChI=1S/C23H31FO5/c1-13(25)28-12-23-9-6-15(24)10-19(23)20(27)11-16-17-4-5-21(29-14(2)26)22(17,3)8-7-18(16)23/h10,15-18,21H,4-9,11-12H2,1-3H3/t15-,16-,17-,18-,21-,22-,23-/m0/s1. The molecule has 3 saturated carbocycles. The van der Waals surface area contributed by atoms with Crippen molar-refractivity contribution >= 4 is 17.7 Å². The minimum absolute atomic E-state index is 0.000869. The number of ketones is 1. The predicted octanol–water partition coefficient (Wildman–Crippen LogP) is 3.94. The third-order valence-electron chi connectivity index (χ3n) is 8.37.